The van der Waals surface area contributed by atoms with Crippen molar-refractivity contribution in [2.45, 2.75) is 41.5 Å². The number of allylic oxidation sites excluding steroid dienone is 1. The first kappa shape index (κ1) is 19.7. The lowest BCUT2D eigenvalue weighted by atomic mass is 9.98. The maximum Gasteiger partial charge on any atom is 0.248 e. The molecule has 0 aliphatic carbocycles. The van der Waals surface area contributed by atoms with Crippen LogP contribution in [0.1, 0.15) is 41.7 Å². The largest absolute Gasteiger partial charge is 0.493 e. The van der Waals surface area contributed by atoms with Crippen LogP contribution in [0.5, 0.6) is 5.75 Å². The molecule has 28 heavy (non-hydrogen) atoms. The molecular weight excluding hydrogens is 350 g/mol. The second-order valence-electron chi connectivity index (χ2n) is 7.30. The zero-order valence-corrected chi connectivity index (χ0v) is 17.4. The number of furan rings is 1. The summed E-state index contributed by atoms with van der Waals surface area (Å²) >= 11 is 0. The Kier molecular flexibility index (Phi) is 5.59. The molecule has 1 N–H and O–H groups in total. The SMILES string of the molecule is CCOc1c(/C(C)=C/C(=O)Nc2cc(C)cc(C)c2)cc2c(C)coc2c1C. The van der Waals surface area contributed by atoms with E-state index in [1.165, 1.54) is 0 Å². The first-order valence-corrected chi connectivity index (χ1v) is 9.52. The normalized spacial score (nSPS) is 11.7. The molecule has 0 fully saturated rings. The van der Waals surface area contributed by atoms with Crippen LogP contribution < -0.4 is 10.1 Å². The second-order valence-corrected chi connectivity index (χ2v) is 7.30. The minimum Gasteiger partial charge on any atom is -0.493 e. The van der Waals surface area contributed by atoms with Gasteiger partial charge in [-0.25, -0.2) is 0 Å². The fourth-order valence-corrected chi connectivity index (χ4v) is 3.56. The lowest BCUT2D eigenvalue weighted by molar-refractivity contribution is -0.111. The highest BCUT2D eigenvalue weighted by Gasteiger charge is 2.17. The topological polar surface area (TPSA) is 51.5 Å². The lowest BCUT2D eigenvalue weighted by Gasteiger charge is -2.14. The summed E-state index contributed by atoms with van der Waals surface area (Å²) in [6.07, 6.45) is 3.37. The van der Waals surface area contributed by atoms with Crippen LogP contribution in [0.15, 0.2) is 41.0 Å². The Hall–Kier alpha value is -3.01. The molecule has 2 aromatic carbocycles. The van der Waals surface area contributed by atoms with E-state index in [9.17, 15) is 4.79 Å². The fourth-order valence-electron chi connectivity index (χ4n) is 3.56. The van der Waals surface area contributed by atoms with E-state index in [0.29, 0.717) is 6.61 Å². The standard InChI is InChI=1S/C24H27NO3/c1-7-27-23-18(6)24-21(17(5)13-28-24)12-20(23)16(4)11-22(26)25-19-9-14(2)8-15(3)10-19/h8-13H,7H2,1-6H3,(H,25,26)/b16-11+. The van der Waals surface area contributed by atoms with Gasteiger partial charge in [-0.05, 0) is 82.0 Å². The number of benzene rings is 2. The van der Waals surface area contributed by atoms with Gasteiger partial charge in [-0.2, -0.15) is 0 Å². The van der Waals surface area contributed by atoms with Gasteiger partial charge >= 0.3 is 0 Å². The Morgan fingerprint density at radius 2 is 1.79 bits per heavy atom. The third-order valence-electron chi connectivity index (χ3n) is 4.79. The van der Waals surface area contributed by atoms with E-state index in [-0.39, 0.29) is 5.91 Å². The number of rotatable bonds is 5. The van der Waals surface area contributed by atoms with E-state index >= 15 is 0 Å². The van der Waals surface area contributed by atoms with Crippen LogP contribution in [0.2, 0.25) is 0 Å². The van der Waals surface area contributed by atoms with E-state index in [1.54, 1.807) is 12.3 Å². The molecule has 0 bridgehead atoms. The van der Waals surface area contributed by atoms with Gasteiger partial charge < -0.3 is 14.5 Å². The highest BCUT2D eigenvalue weighted by Crippen LogP contribution is 2.37. The van der Waals surface area contributed by atoms with E-state index < -0.39 is 0 Å². The molecule has 1 amide bonds. The maximum absolute atomic E-state index is 12.6. The van der Waals surface area contributed by atoms with Gasteiger partial charge in [-0.1, -0.05) is 6.07 Å². The molecule has 0 saturated carbocycles. The third kappa shape index (κ3) is 3.96. The predicted molar refractivity (Wildman–Crippen MR) is 115 cm³/mol. The van der Waals surface area contributed by atoms with Gasteiger partial charge in [0.2, 0.25) is 5.91 Å². The minimum absolute atomic E-state index is 0.161. The number of anilines is 1. The average Bonchev–Trinajstić information content (AvgIpc) is 2.97. The number of ether oxygens (including phenoxy) is 1. The molecule has 3 rings (SSSR count). The second kappa shape index (κ2) is 7.93. The smallest absolute Gasteiger partial charge is 0.248 e. The van der Waals surface area contributed by atoms with Crippen LogP contribution in [0.3, 0.4) is 0 Å². The summed E-state index contributed by atoms with van der Waals surface area (Å²) in [6, 6.07) is 8.05. The van der Waals surface area contributed by atoms with Gasteiger partial charge in [0, 0.05) is 28.3 Å². The van der Waals surface area contributed by atoms with E-state index in [4.69, 9.17) is 9.15 Å². The van der Waals surface area contributed by atoms with Crippen molar-refractivity contribution in [3.63, 3.8) is 0 Å². The van der Waals surface area contributed by atoms with Crippen molar-refractivity contribution in [2.75, 3.05) is 11.9 Å². The van der Waals surface area contributed by atoms with Crippen LogP contribution in [-0.4, -0.2) is 12.5 Å². The third-order valence-corrected chi connectivity index (χ3v) is 4.79. The monoisotopic (exact) mass is 377 g/mol. The van der Waals surface area contributed by atoms with Crippen LogP contribution in [0.4, 0.5) is 5.69 Å². The summed E-state index contributed by atoms with van der Waals surface area (Å²) < 4.78 is 11.6. The summed E-state index contributed by atoms with van der Waals surface area (Å²) in [4.78, 5) is 12.6. The maximum atomic E-state index is 12.6. The Balaban J connectivity index is 1.99. The van der Waals surface area contributed by atoms with Gasteiger partial charge in [0.1, 0.15) is 11.3 Å². The average molecular weight is 377 g/mol. The quantitative estimate of drug-likeness (QED) is 0.546. The molecular formula is C24H27NO3. The van der Waals surface area contributed by atoms with Gasteiger partial charge in [-0.3, -0.25) is 4.79 Å². The van der Waals surface area contributed by atoms with Crippen LogP contribution >= 0.6 is 0 Å². The van der Waals surface area contributed by atoms with Gasteiger partial charge in [0.05, 0.1) is 12.9 Å². The molecule has 0 unspecified atom stereocenters. The Bertz CT molecular complexity index is 1050. The number of aryl methyl sites for hydroxylation is 4. The molecule has 0 saturated heterocycles. The van der Waals surface area contributed by atoms with Gasteiger partial charge in [-0.15, -0.1) is 0 Å². The number of carbonyl (C=O) groups excluding carboxylic acids is 1. The van der Waals surface area contributed by atoms with Crippen LogP contribution in [-0.2, 0) is 4.79 Å². The number of carbonyl (C=O) groups is 1. The molecule has 146 valence electrons. The lowest BCUT2D eigenvalue weighted by Crippen LogP contribution is -2.09. The van der Waals surface area contributed by atoms with Crippen molar-refractivity contribution >= 4 is 28.1 Å². The summed E-state index contributed by atoms with van der Waals surface area (Å²) in [6.45, 7) is 12.5. The molecule has 0 aliphatic heterocycles. The highest BCUT2D eigenvalue weighted by molar-refractivity contribution is 6.05. The first-order valence-electron chi connectivity index (χ1n) is 9.52. The molecule has 0 spiro atoms. The molecule has 4 heteroatoms. The van der Waals surface area contributed by atoms with Crippen molar-refractivity contribution in [3.8, 4) is 5.75 Å². The first-order chi connectivity index (χ1) is 13.3. The van der Waals surface area contributed by atoms with Crippen molar-refractivity contribution in [1.82, 2.24) is 0 Å². The number of hydrogen-bond acceptors (Lipinski definition) is 3. The van der Waals surface area contributed by atoms with Crippen LogP contribution in [0, 0.1) is 27.7 Å². The fraction of sp³-hybridized carbons (Fsp3) is 0.292. The summed E-state index contributed by atoms with van der Waals surface area (Å²) in [5.41, 5.74) is 7.63. The molecule has 1 aromatic heterocycles. The Morgan fingerprint density at radius 3 is 2.43 bits per heavy atom. The van der Waals surface area contributed by atoms with Crippen molar-refractivity contribution < 1.29 is 13.9 Å². The van der Waals surface area contributed by atoms with E-state index in [2.05, 4.69) is 11.4 Å². The van der Waals surface area contributed by atoms with Crippen LogP contribution in [0.25, 0.3) is 16.5 Å². The molecule has 0 radical (unpaired) electrons. The zero-order chi connectivity index (χ0) is 20.4. The Labute approximate surface area is 166 Å². The van der Waals surface area contributed by atoms with Crippen molar-refractivity contribution in [1.29, 1.82) is 0 Å². The number of fused-ring (bicyclic) bond motifs is 1. The number of amides is 1. The molecule has 0 atom stereocenters. The molecule has 0 aliphatic rings. The summed E-state index contributed by atoms with van der Waals surface area (Å²) in [5.74, 6) is 0.601. The number of nitrogens with one attached hydrogen (secondary N) is 1. The predicted octanol–water partition coefficient (Wildman–Crippen LogP) is 6.11. The molecule has 3 aromatic rings. The summed E-state index contributed by atoms with van der Waals surface area (Å²) in [7, 11) is 0. The van der Waals surface area contributed by atoms with Gasteiger partial charge in [0.15, 0.2) is 0 Å². The summed E-state index contributed by atoms with van der Waals surface area (Å²) in [5, 5.41) is 4.00. The zero-order valence-electron chi connectivity index (χ0n) is 17.4. The van der Waals surface area contributed by atoms with E-state index in [0.717, 1.165) is 55.8 Å². The Morgan fingerprint density at radius 1 is 1.11 bits per heavy atom. The van der Waals surface area contributed by atoms with Gasteiger partial charge in [0.25, 0.3) is 0 Å². The highest BCUT2D eigenvalue weighted by atomic mass is 16.5. The molecule has 1 heterocycles. The minimum atomic E-state index is -0.161. The van der Waals surface area contributed by atoms with Crippen molar-refractivity contribution in [2.24, 2.45) is 0 Å². The molecule has 4 nitrogen and oxygen atoms in total. The van der Waals surface area contributed by atoms with E-state index in [1.807, 2.05) is 59.7 Å². The van der Waals surface area contributed by atoms with Crippen molar-refractivity contribution in [3.05, 3.63) is 64.4 Å². The number of hydrogen-bond donors (Lipinski definition) is 1.